The predicted octanol–water partition coefficient (Wildman–Crippen LogP) is 1.29. The maximum Gasteiger partial charge on any atom is 0.228 e. The summed E-state index contributed by atoms with van der Waals surface area (Å²) in [6.07, 6.45) is 5.64. The summed E-state index contributed by atoms with van der Waals surface area (Å²) in [6.45, 7) is 4.30. The number of nitrogens with zero attached hydrogens (tertiary/aromatic N) is 3. The van der Waals surface area contributed by atoms with Gasteiger partial charge in [0.15, 0.2) is 11.8 Å². The number of rotatable bonds is 8. The number of ether oxygens (including phenoxy) is 1. The molecule has 7 nitrogen and oxygen atoms in total. The normalized spacial score (nSPS) is 17.1. The smallest absolute Gasteiger partial charge is 0.228 e. The van der Waals surface area contributed by atoms with Crippen molar-refractivity contribution in [2.24, 2.45) is 10.4 Å². The standard InChI is InChI=1S/C15H27N5O2/c1-12-19-13(22-20-12)5-9-17-14(16-2)18-11-15(6-4-7-15)8-10-21-3/h4-11H2,1-3H3,(H2,16,17,18). The van der Waals surface area contributed by atoms with Crippen LogP contribution >= 0.6 is 0 Å². The van der Waals surface area contributed by atoms with E-state index in [2.05, 4.69) is 25.8 Å². The molecule has 1 aromatic rings. The Labute approximate surface area is 131 Å². The highest BCUT2D eigenvalue weighted by Crippen LogP contribution is 2.43. The van der Waals surface area contributed by atoms with E-state index in [0.29, 0.717) is 30.1 Å². The Morgan fingerprint density at radius 2 is 2.23 bits per heavy atom. The van der Waals surface area contributed by atoms with Crippen LogP contribution in [-0.2, 0) is 11.2 Å². The Morgan fingerprint density at radius 3 is 2.77 bits per heavy atom. The van der Waals surface area contributed by atoms with Crippen molar-refractivity contribution in [3.05, 3.63) is 11.7 Å². The first-order valence-electron chi connectivity index (χ1n) is 7.90. The summed E-state index contributed by atoms with van der Waals surface area (Å²) in [6, 6.07) is 0. The number of hydrogen-bond acceptors (Lipinski definition) is 5. The van der Waals surface area contributed by atoms with E-state index in [4.69, 9.17) is 9.26 Å². The summed E-state index contributed by atoms with van der Waals surface area (Å²) < 4.78 is 10.3. The average molecular weight is 309 g/mol. The third kappa shape index (κ3) is 4.69. The fraction of sp³-hybridized carbons (Fsp3) is 0.800. The van der Waals surface area contributed by atoms with Crippen LogP contribution in [-0.4, -0.2) is 50.0 Å². The highest BCUT2D eigenvalue weighted by Gasteiger charge is 2.36. The number of methoxy groups -OCH3 is 1. The first-order chi connectivity index (χ1) is 10.7. The van der Waals surface area contributed by atoms with Gasteiger partial charge in [-0.25, -0.2) is 0 Å². The van der Waals surface area contributed by atoms with Gasteiger partial charge in [-0.05, 0) is 31.6 Å². The van der Waals surface area contributed by atoms with Gasteiger partial charge in [-0.2, -0.15) is 4.98 Å². The van der Waals surface area contributed by atoms with Crippen molar-refractivity contribution < 1.29 is 9.26 Å². The lowest BCUT2D eigenvalue weighted by Crippen LogP contribution is -2.47. The van der Waals surface area contributed by atoms with E-state index in [1.165, 1.54) is 19.3 Å². The summed E-state index contributed by atoms with van der Waals surface area (Å²) in [5, 5.41) is 10.5. The highest BCUT2D eigenvalue weighted by atomic mass is 16.5. The molecule has 22 heavy (non-hydrogen) atoms. The van der Waals surface area contributed by atoms with E-state index in [0.717, 1.165) is 25.5 Å². The maximum atomic E-state index is 5.23. The molecule has 0 aliphatic heterocycles. The zero-order valence-corrected chi connectivity index (χ0v) is 13.8. The third-order valence-corrected chi connectivity index (χ3v) is 4.31. The first kappa shape index (κ1) is 16.7. The summed E-state index contributed by atoms with van der Waals surface area (Å²) in [7, 11) is 3.55. The van der Waals surface area contributed by atoms with E-state index >= 15 is 0 Å². The lowest BCUT2D eigenvalue weighted by Gasteiger charge is -2.42. The lowest BCUT2D eigenvalue weighted by atomic mass is 9.67. The van der Waals surface area contributed by atoms with Gasteiger partial charge in [-0.3, -0.25) is 4.99 Å². The molecular formula is C15H27N5O2. The molecule has 2 N–H and O–H groups in total. The van der Waals surface area contributed by atoms with Gasteiger partial charge in [-0.1, -0.05) is 11.6 Å². The first-order valence-corrected chi connectivity index (χ1v) is 7.90. The molecule has 1 heterocycles. The molecule has 0 spiro atoms. The molecule has 0 bridgehead atoms. The van der Waals surface area contributed by atoms with E-state index in [9.17, 15) is 0 Å². The minimum absolute atomic E-state index is 0.372. The predicted molar refractivity (Wildman–Crippen MR) is 84.9 cm³/mol. The van der Waals surface area contributed by atoms with Crippen LogP contribution in [0, 0.1) is 12.3 Å². The molecule has 1 saturated carbocycles. The second-order valence-electron chi connectivity index (χ2n) is 5.93. The largest absolute Gasteiger partial charge is 0.385 e. The zero-order chi connectivity index (χ0) is 15.8. The van der Waals surface area contributed by atoms with Gasteiger partial charge in [-0.15, -0.1) is 0 Å². The zero-order valence-electron chi connectivity index (χ0n) is 13.8. The molecule has 0 aromatic carbocycles. The van der Waals surface area contributed by atoms with E-state index < -0.39 is 0 Å². The van der Waals surface area contributed by atoms with Crippen molar-refractivity contribution in [2.45, 2.75) is 39.0 Å². The highest BCUT2D eigenvalue weighted by molar-refractivity contribution is 5.79. The van der Waals surface area contributed by atoms with Crippen LogP contribution in [0.15, 0.2) is 9.52 Å². The summed E-state index contributed by atoms with van der Waals surface area (Å²) in [5.74, 6) is 2.14. The number of aliphatic imine (C=N–C) groups is 1. The number of guanidine groups is 1. The van der Waals surface area contributed by atoms with Gasteiger partial charge < -0.3 is 19.9 Å². The molecule has 0 atom stereocenters. The van der Waals surface area contributed by atoms with Crippen molar-refractivity contribution in [3.8, 4) is 0 Å². The van der Waals surface area contributed by atoms with E-state index in [1.807, 2.05) is 6.92 Å². The number of hydrogen-bond donors (Lipinski definition) is 2. The van der Waals surface area contributed by atoms with Crippen LogP contribution in [0.3, 0.4) is 0 Å². The Morgan fingerprint density at radius 1 is 1.41 bits per heavy atom. The number of aromatic nitrogens is 2. The molecule has 0 unspecified atom stereocenters. The Balaban J connectivity index is 1.70. The second-order valence-corrected chi connectivity index (χ2v) is 5.93. The summed E-state index contributed by atoms with van der Waals surface area (Å²) in [5.41, 5.74) is 0.372. The van der Waals surface area contributed by atoms with Crippen LogP contribution in [0.4, 0.5) is 0 Å². The lowest BCUT2D eigenvalue weighted by molar-refractivity contribution is 0.0732. The minimum Gasteiger partial charge on any atom is -0.385 e. The fourth-order valence-electron chi connectivity index (χ4n) is 2.73. The monoisotopic (exact) mass is 309 g/mol. The molecular weight excluding hydrogens is 282 g/mol. The SMILES string of the molecule is CN=C(NCCc1nc(C)no1)NCC1(CCOC)CCC1. The Kier molecular flexibility index (Phi) is 6.18. The molecule has 0 amide bonds. The minimum atomic E-state index is 0.372. The molecule has 0 saturated heterocycles. The number of nitrogens with one attached hydrogen (secondary N) is 2. The van der Waals surface area contributed by atoms with Crippen LogP contribution in [0.2, 0.25) is 0 Å². The molecule has 1 aromatic heterocycles. The van der Waals surface area contributed by atoms with Crippen molar-refractivity contribution in [1.29, 1.82) is 0 Å². The summed E-state index contributed by atoms with van der Waals surface area (Å²) >= 11 is 0. The molecule has 124 valence electrons. The van der Waals surface area contributed by atoms with Gasteiger partial charge in [0.1, 0.15) is 0 Å². The second kappa shape index (κ2) is 8.12. The van der Waals surface area contributed by atoms with Gasteiger partial charge >= 0.3 is 0 Å². The van der Waals surface area contributed by atoms with Crippen molar-refractivity contribution in [3.63, 3.8) is 0 Å². The van der Waals surface area contributed by atoms with Crippen LogP contribution in [0.1, 0.15) is 37.4 Å². The maximum absolute atomic E-state index is 5.23. The van der Waals surface area contributed by atoms with Gasteiger partial charge in [0.2, 0.25) is 5.89 Å². The molecule has 1 aliphatic carbocycles. The Bertz CT molecular complexity index is 482. The van der Waals surface area contributed by atoms with Crippen LogP contribution < -0.4 is 10.6 Å². The summed E-state index contributed by atoms with van der Waals surface area (Å²) in [4.78, 5) is 8.45. The van der Waals surface area contributed by atoms with Gasteiger partial charge in [0.25, 0.3) is 0 Å². The van der Waals surface area contributed by atoms with Crippen molar-refractivity contribution in [1.82, 2.24) is 20.8 Å². The number of aryl methyl sites for hydroxylation is 1. The molecule has 1 aliphatic rings. The van der Waals surface area contributed by atoms with Crippen molar-refractivity contribution in [2.75, 3.05) is 33.9 Å². The molecule has 0 radical (unpaired) electrons. The van der Waals surface area contributed by atoms with E-state index in [-0.39, 0.29) is 0 Å². The quantitative estimate of drug-likeness (QED) is 0.556. The fourth-order valence-corrected chi connectivity index (χ4v) is 2.73. The molecule has 1 fully saturated rings. The van der Waals surface area contributed by atoms with Gasteiger partial charge in [0, 0.05) is 40.3 Å². The van der Waals surface area contributed by atoms with Crippen LogP contribution in [0.5, 0.6) is 0 Å². The van der Waals surface area contributed by atoms with E-state index in [1.54, 1.807) is 14.2 Å². The van der Waals surface area contributed by atoms with Crippen molar-refractivity contribution >= 4 is 5.96 Å². The molecule has 2 rings (SSSR count). The Hall–Kier alpha value is -1.63. The van der Waals surface area contributed by atoms with Gasteiger partial charge in [0.05, 0.1) is 0 Å². The third-order valence-electron chi connectivity index (χ3n) is 4.31. The van der Waals surface area contributed by atoms with Crippen LogP contribution in [0.25, 0.3) is 0 Å². The average Bonchev–Trinajstić information content (AvgIpc) is 2.89. The topological polar surface area (TPSA) is 84.6 Å². The molecule has 7 heteroatoms.